The maximum Gasteiger partial charge on any atom is 0.364 e. The van der Waals surface area contributed by atoms with Crippen molar-refractivity contribution in [1.82, 2.24) is 14.6 Å². The van der Waals surface area contributed by atoms with Crippen LogP contribution in [0.4, 0.5) is 5.13 Å². The molecule has 2 atom stereocenters. The molecule has 0 radical (unpaired) electrons. The number of aromatic nitrogens is 1. The second kappa shape index (κ2) is 9.12. The summed E-state index contributed by atoms with van der Waals surface area (Å²) in [7, 11) is -3.83. The molecular weight excluding hydrogens is 434 g/mol. The summed E-state index contributed by atoms with van der Waals surface area (Å²) in [5.41, 5.74) is 5.22. The Labute approximate surface area is 168 Å². The second-order valence-electron chi connectivity index (χ2n) is 5.26. The molecule has 1 aromatic heterocycles. The monoisotopic (exact) mass is 451 g/mol. The minimum Gasteiger partial charge on any atom is -0.464 e. The van der Waals surface area contributed by atoms with E-state index in [-0.39, 0.29) is 27.4 Å². The van der Waals surface area contributed by atoms with Crippen LogP contribution in [0.3, 0.4) is 0 Å². The molecule has 16 heteroatoms. The summed E-state index contributed by atoms with van der Waals surface area (Å²) >= 11 is 1.02. The number of oxime groups is 1. The smallest absolute Gasteiger partial charge is 0.364 e. The Kier molecular flexibility index (Phi) is 7.07. The molecular formula is C13H17N5O9S2. The number of amides is 2. The van der Waals surface area contributed by atoms with Gasteiger partial charge in [0.15, 0.2) is 23.1 Å². The van der Waals surface area contributed by atoms with Gasteiger partial charge in [0.25, 0.3) is 11.8 Å². The number of nitrogen functional groups attached to an aromatic ring is 1. The fourth-order valence-electron chi connectivity index (χ4n) is 2.24. The molecule has 0 spiro atoms. The zero-order valence-corrected chi connectivity index (χ0v) is 16.7. The van der Waals surface area contributed by atoms with Crippen LogP contribution in [0.15, 0.2) is 10.5 Å². The topological polar surface area (TPSA) is 200 Å². The van der Waals surface area contributed by atoms with Crippen LogP contribution in [0.1, 0.15) is 12.6 Å². The zero-order chi connectivity index (χ0) is 21.8. The lowest BCUT2D eigenvalue weighted by Gasteiger charge is -2.43. The molecule has 2 heterocycles. The van der Waals surface area contributed by atoms with Gasteiger partial charge in [0, 0.05) is 5.38 Å². The standard InChI is InChI=1S/C13H17N5O9S2/c1-3-26-7(19)4-27-12-9(11(21)18(12)29(22,23)24)16-10(20)8(17-25-2)6-5-28-13(14)15-6/h5,9,12H,3-4H2,1-2H3,(H2,14,15)(H,16,20)(H,22,23,24)/b17-8+. The first-order valence-corrected chi connectivity index (χ1v) is 10.1. The number of hydrogen-bond donors (Lipinski definition) is 3. The van der Waals surface area contributed by atoms with Crippen molar-refractivity contribution in [1.29, 1.82) is 0 Å². The molecule has 14 nitrogen and oxygen atoms in total. The van der Waals surface area contributed by atoms with E-state index in [1.54, 1.807) is 6.92 Å². The molecule has 4 N–H and O–H groups in total. The van der Waals surface area contributed by atoms with Gasteiger partial charge in [0.2, 0.25) is 0 Å². The second-order valence-corrected chi connectivity index (χ2v) is 7.44. The van der Waals surface area contributed by atoms with Crippen LogP contribution in [-0.4, -0.2) is 78.3 Å². The van der Waals surface area contributed by atoms with Gasteiger partial charge in [-0.15, -0.1) is 11.3 Å². The number of hydrogen-bond acceptors (Lipinski definition) is 12. The molecule has 0 bridgehead atoms. The number of anilines is 1. The normalized spacial score (nSPS) is 19.5. The van der Waals surface area contributed by atoms with Gasteiger partial charge >= 0.3 is 16.3 Å². The van der Waals surface area contributed by atoms with E-state index in [4.69, 9.17) is 10.5 Å². The first-order valence-electron chi connectivity index (χ1n) is 7.81. The number of ether oxygens (including phenoxy) is 2. The number of β-lactam (4-membered cyclic amide) rings is 1. The highest BCUT2D eigenvalue weighted by Crippen LogP contribution is 2.25. The lowest BCUT2D eigenvalue weighted by Crippen LogP contribution is -2.73. The summed E-state index contributed by atoms with van der Waals surface area (Å²) in [5.74, 6) is -2.99. The van der Waals surface area contributed by atoms with Gasteiger partial charge in [0.1, 0.15) is 19.4 Å². The summed E-state index contributed by atoms with van der Waals surface area (Å²) in [4.78, 5) is 44.5. The Balaban J connectivity index is 2.19. The van der Waals surface area contributed by atoms with Crippen LogP contribution in [0.25, 0.3) is 0 Å². The van der Waals surface area contributed by atoms with E-state index in [1.165, 1.54) is 12.5 Å². The van der Waals surface area contributed by atoms with Crippen molar-refractivity contribution in [3.05, 3.63) is 11.1 Å². The van der Waals surface area contributed by atoms with Crippen molar-refractivity contribution in [2.24, 2.45) is 5.16 Å². The van der Waals surface area contributed by atoms with E-state index in [1.807, 2.05) is 0 Å². The van der Waals surface area contributed by atoms with Crippen LogP contribution in [0, 0.1) is 0 Å². The summed E-state index contributed by atoms with van der Waals surface area (Å²) < 4.78 is 41.6. The van der Waals surface area contributed by atoms with Gasteiger partial charge in [0.05, 0.1) is 6.61 Å². The lowest BCUT2D eigenvalue weighted by molar-refractivity contribution is -0.177. The third kappa shape index (κ3) is 5.17. The molecule has 1 aliphatic rings. The molecule has 2 unspecified atom stereocenters. The van der Waals surface area contributed by atoms with E-state index in [0.717, 1.165) is 11.3 Å². The first kappa shape index (κ1) is 22.5. The van der Waals surface area contributed by atoms with Gasteiger partial charge in [-0.3, -0.25) is 14.1 Å². The van der Waals surface area contributed by atoms with Crippen LogP contribution >= 0.6 is 11.3 Å². The van der Waals surface area contributed by atoms with Crippen LogP contribution in [0.5, 0.6) is 0 Å². The van der Waals surface area contributed by atoms with Gasteiger partial charge < -0.3 is 25.4 Å². The molecule has 1 fully saturated rings. The minimum absolute atomic E-state index is 0.0227. The van der Waals surface area contributed by atoms with Gasteiger partial charge in [-0.25, -0.2) is 9.78 Å². The van der Waals surface area contributed by atoms with Crippen LogP contribution < -0.4 is 11.1 Å². The first-order chi connectivity index (χ1) is 13.6. The average molecular weight is 451 g/mol. The molecule has 1 aliphatic heterocycles. The van der Waals surface area contributed by atoms with E-state index < -0.39 is 47.0 Å². The third-order valence-electron chi connectivity index (χ3n) is 3.37. The predicted octanol–water partition coefficient (Wildman–Crippen LogP) is -1.89. The van der Waals surface area contributed by atoms with Crippen LogP contribution in [-0.2, 0) is 39.0 Å². The highest BCUT2D eigenvalue weighted by molar-refractivity contribution is 7.84. The summed E-state index contributed by atoms with van der Waals surface area (Å²) in [5, 5.41) is 7.27. The molecule has 29 heavy (non-hydrogen) atoms. The Morgan fingerprint density at radius 1 is 1.48 bits per heavy atom. The molecule has 160 valence electrons. The van der Waals surface area contributed by atoms with Gasteiger partial charge in [-0.05, 0) is 6.92 Å². The van der Waals surface area contributed by atoms with Crippen molar-refractivity contribution in [2.75, 3.05) is 26.1 Å². The number of nitrogens with zero attached hydrogens (tertiary/aromatic N) is 3. The molecule has 0 aliphatic carbocycles. The van der Waals surface area contributed by atoms with Crippen molar-refractivity contribution in [2.45, 2.75) is 19.2 Å². The van der Waals surface area contributed by atoms with Crippen molar-refractivity contribution in [3.8, 4) is 0 Å². The lowest BCUT2D eigenvalue weighted by atomic mass is 10.1. The van der Waals surface area contributed by atoms with E-state index >= 15 is 0 Å². The Bertz CT molecular complexity index is 929. The molecule has 0 saturated carbocycles. The Hall–Kier alpha value is -2.82. The summed E-state index contributed by atoms with van der Waals surface area (Å²) in [6.45, 7) is 0.855. The summed E-state index contributed by atoms with van der Waals surface area (Å²) in [6, 6.07) is -1.54. The van der Waals surface area contributed by atoms with E-state index in [9.17, 15) is 27.4 Å². The predicted molar refractivity (Wildman–Crippen MR) is 96.8 cm³/mol. The number of thiazole rings is 1. The van der Waals surface area contributed by atoms with Crippen LogP contribution in [0.2, 0.25) is 0 Å². The zero-order valence-electron chi connectivity index (χ0n) is 15.1. The van der Waals surface area contributed by atoms with Crippen molar-refractivity contribution < 1.29 is 41.7 Å². The Morgan fingerprint density at radius 3 is 2.69 bits per heavy atom. The van der Waals surface area contributed by atoms with Crippen molar-refractivity contribution >= 4 is 50.3 Å². The molecule has 2 amide bonds. The maximum absolute atomic E-state index is 12.5. The molecule has 1 aromatic rings. The largest absolute Gasteiger partial charge is 0.464 e. The fourth-order valence-corrected chi connectivity index (χ4v) is 3.57. The van der Waals surface area contributed by atoms with E-state index in [2.05, 4.69) is 25.0 Å². The fraction of sp³-hybridized carbons (Fsp3) is 0.462. The number of rotatable bonds is 9. The number of nitrogens with one attached hydrogen (secondary N) is 1. The minimum atomic E-state index is -5.00. The highest BCUT2D eigenvalue weighted by Gasteiger charge is 2.55. The van der Waals surface area contributed by atoms with Gasteiger partial charge in [-0.2, -0.15) is 12.7 Å². The maximum atomic E-state index is 12.5. The Morgan fingerprint density at radius 2 is 2.17 bits per heavy atom. The summed E-state index contributed by atoms with van der Waals surface area (Å²) in [6.07, 6.45) is -1.69. The SMILES string of the molecule is CCOC(=O)COC1C(NC(=O)/C(=N/OC)c2csc(N)n2)C(=O)N1S(=O)(=O)O. The van der Waals surface area contributed by atoms with E-state index in [0.29, 0.717) is 0 Å². The van der Waals surface area contributed by atoms with Crippen molar-refractivity contribution in [3.63, 3.8) is 0 Å². The molecule has 0 aromatic carbocycles. The highest BCUT2D eigenvalue weighted by atomic mass is 32.2. The third-order valence-corrected chi connectivity index (χ3v) is 4.93. The number of carbonyl (C=O) groups excluding carboxylic acids is 3. The number of esters is 1. The number of nitrogens with two attached hydrogens (primary N) is 1. The quantitative estimate of drug-likeness (QED) is 0.125. The average Bonchev–Trinajstić information content (AvgIpc) is 3.05. The molecule has 1 saturated heterocycles. The van der Waals surface area contributed by atoms with Gasteiger partial charge in [-0.1, -0.05) is 5.16 Å². The molecule has 2 rings (SSSR count). The number of carbonyl (C=O) groups is 3.